The molecular formula is C19H24NO3P. The van der Waals surface area contributed by atoms with E-state index in [0.29, 0.717) is 17.6 Å². The second-order valence-corrected chi connectivity index (χ2v) is 7.64. The van der Waals surface area contributed by atoms with Crippen LogP contribution in [0.5, 0.6) is 5.75 Å². The maximum atomic E-state index is 13.3. The minimum Gasteiger partial charge on any atom is -0.490 e. The third-order valence-electron chi connectivity index (χ3n) is 3.28. The first kappa shape index (κ1) is 18.3. The van der Waals surface area contributed by atoms with Gasteiger partial charge in [-0.1, -0.05) is 30.9 Å². The van der Waals surface area contributed by atoms with E-state index < -0.39 is 7.52 Å². The number of anilines is 1. The summed E-state index contributed by atoms with van der Waals surface area (Å²) in [5, 5.41) is 3.69. The van der Waals surface area contributed by atoms with E-state index >= 15 is 0 Å². The predicted molar refractivity (Wildman–Crippen MR) is 101 cm³/mol. The highest BCUT2D eigenvalue weighted by Gasteiger charge is 2.25. The fraction of sp³-hybridized carbons (Fsp3) is 0.263. The summed E-state index contributed by atoms with van der Waals surface area (Å²) in [6, 6.07) is 14.7. The highest BCUT2D eigenvalue weighted by atomic mass is 31.2. The van der Waals surface area contributed by atoms with Crippen LogP contribution < -0.4 is 15.1 Å². The van der Waals surface area contributed by atoms with Crippen molar-refractivity contribution in [2.75, 3.05) is 11.7 Å². The lowest BCUT2D eigenvalue weighted by atomic mass is 10.2. The molecule has 0 aliphatic carbocycles. The van der Waals surface area contributed by atoms with Gasteiger partial charge in [0.2, 0.25) is 0 Å². The first-order valence-electron chi connectivity index (χ1n) is 8.00. The Hall–Kier alpha value is -2.03. The third-order valence-corrected chi connectivity index (χ3v) is 5.43. The molecule has 2 rings (SSSR count). The molecule has 1 N–H and O–H groups in total. The summed E-state index contributed by atoms with van der Waals surface area (Å²) in [6.45, 7) is 9.94. The number of hydrogen-bond acceptors (Lipinski definition) is 3. The lowest BCUT2D eigenvalue weighted by molar-refractivity contribution is 0.242. The van der Waals surface area contributed by atoms with Crippen molar-refractivity contribution in [2.24, 2.45) is 0 Å². The van der Waals surface area contributed by atoms with E-state index in [2.05, 4.69) is 11.7 Å². The Kier molecular flexibility index (Phi) is 6.24. The highest BCUT2D eigenvalue weighted by Crippen LogP contribution is 2.46. The van der Waals surface area contributed by atoms with Gasteiger partial charge in [0.1, 0.15) is 5.75 Å². The molecule has 0 aromatic heterocycles. The summed E-state index contributed by atoms with van der Waals surface area (Å²) in [7, 11) is -3.19. The van der Waals surface area contributed by atoms with Crippen molar-refractivity contribution in [3.05, 3.63) is 60.7 Å². The van der Waals surface area contributed by atoms with Crippen molar-refractivity contribution in [3.8, 4) is 5.75 Å². The fourth-order valence-corrected chi connectivity index (χ4v) is 4.04. The quantitative estimate of drug-likeness (QED) is 0.678. The fourth-order valence-electron chi connectivity index (χ4n) is 2.29. The van der Waals surface area contributed by atoms with Crippen LogP contribution in [0.15, 0.2) is 55.1 Å². The van der Waals surface area contributed by atoms with Crippen molar-refractivity contribution in [1.82, 2.24) is 0 Å². The van der Waals surface area contributed by atoms with Gasteiger partial charge in [-0.05, 0) is 51.1 Å². The molecule has 0 spiro atoms. The maximum Gasteiger partial charge on any atom is 0.323 e. The molecule has 1 unspecified atom stereocenters. The van der Waals surface area contributed by atoms with E-state index in [1.54, 1.807) is 18.2 Å². The summed E-state index contributed by atoms with van der Waals surface area (Å²) in [6.07, 6.45) is 1.79. The molecule has 0 saturated carbocycles. The van der Waals surface area contributed by atoms with Crippen LogP contribution in [0.1, 0.15) is 26.3 Å². The van der Waals surface area contributed by atoms with Crippen molar-refractivity contribution >= 4 is 24.6 Å². The van der Waals surface area contributed by atoms with Crippen LogP contribution in [-0.2, 0) is 9.09 Å². The molecule has 0 aliphatic rings. The lowest BCUT2D eigenvalue weighted by Gasteiger charge is -2.21. The van der Waals surface area contributed by atoms with Crippen LogP contribution in [0.4, 0.5) is 5.69 Å². The first-order chi connectivity index (χ1) is 11.5. The number of nitrogens with one attached hydrogen (secondary N) is 1. The topological polar surface area (TPSA) is 47.6 Å². The van der Waals surface area contributed by atoms with Crippen molar-refractivity contribution in [3.63, 3.8) is 0 Å². The number of rotatable bonds is 8. The lowest BCUT2D eigenvalue weighted by Crippen LogP contribution is -2.14. The van der Waals surface area contributed by atoms with Gasteiger partial charge in [-0.25, -0.2) is 0 Å². The molecular weight excluding hydrogens is 321 g/mol. The minimum atomic E-state index is -3.19. The molecule has 24 heavy (non-hydrogen) atoms. The molecule has 2 aromatic rings. The molecule has 0 heterocycles. The van der Waals surface area contributed by atoms with Crippen molar-refractivity contribution in [2.45, 2.75) is 26.9 Å². The average Bonchev–Trinajstić information content (AvgIpc) is 2.57. The van der Waals surface area contributed by atoms with Gasteiger partial charge in [-0.2, -0.15) is 0 Å². The van der Waals surface area contributed by atoms with Crippen LogP contribution in [0, 0.1) is 0 Å². The molecule has 1 atom stereocenters. The molecule has 5 heteroatoms. The van der Waals surface area contributed by atoms with Crippen LogP contribution in [0.25, 0.3) is 6.08 Å². The average molecular weight is 345 g/mol. The summed E-state index contributed by atoms with van der Waals surface area (Å²) in [5.74, 6) is 0.747. The largest absolute Gasteiger partial charge is 0.490 e. The zero-order valence-corrected chi connectivity index (χ0v) is 15.3. The summed E-state index contributed by atoms with van der Waals surface area (Å²) in [4.78, 5) is 0. The van der Waals surface area contributed by atoms with E-state index in [9.17, 15) is 4.57 Å². The number of hydrogen-bond donors (Lipinski definition) is 1. The van der Waals surface area contributed by atoms with Crippen LogP contribution >= 0.6 is 7.52 Å². The third kappa shape index (κ3) is 4.50. The SMILES string of the molecule is C=Cc1cc(NP(=O)(OCC)c2ccccc2)ccc1OC(C)C. The Morgan fingerprint density at radius 1 is 1.21 bits per heavy atom. The monoisotopic (exact) mass is 345 g/mol. The Bertz CT molecular complexity index is 729. The van der Waals surface area contributed by atoms with E-state index in [0.717, 1.165) is 11.3 Å². The summed E-state index contributed by atoms with van der Waals surface area (Å²) < 4.78 is 24.6. The molecule has 0 amide bonds. The van der Waals surface area contributed by atoms with Crippen molar-refractivity contribution < 1.29 is 13.8 Å². The van der Waals surface area contributed by atoms with Gasteiger partial charge in [-0.3, -0.25) is 4.57 Å². The first-order valence-corrected chi connectivity index (χ1v) is 9.62. The van der Waals surface area contributed by atoms with Gasteiger partial charge in [0.25, 0.3) is 0 Å². The van der Waals surface area contributed by atoms with Crippen LogP contribution in [0.2, 0.25) is 0 Å². The second kappa shape index (κ2) is 8.18. The zero-order chi connectivity index (χ0) is 17.6. The number of benzene rings is 2. The second-order valence-electron chi connectivity index (χ2n) is 5.54. The zero-order valence-electron chi connectivity index (χ0n) is 14.4. The molecule has 0 saturated heterocycles. The number of ether oxygens (including phenoxy) is 1. The van der Waals surface area contributed by atoms with Gasteiger partial charge >= 0.3 is 7.52 Å². The Morgan fingerprint density at radius 3 is 2.50 bits per heavy atom. The normalized spacial score (nSPS) is 13.3. The molecule has 0 aliphatic heterocycles. The summed E-state index contributed by atoms with van der Waals surface area (Å²) >= 11 is 0. The maximum absolute atomic E-state index is 13.3. The molecule has 0 fully saturated rings. The highest BCUT2D eigenvalue weighted by molar-refractivity contribution is 7.68. The smallest absolute Gasteiger partial charge is 0.323 e. The van der Waals surface area contributed by atoms with Gasteiger partial charge < -0.3 is 14.3 Å². The van der Waals surface area contributed by atoms with Gasteiger partial charge in [0.05, 0.1) is 18.0 Å². The van der Waals surface area contributed by atoms with E-state index in [-0.39, 0.29) is 6.10 Å². The van der Waals surface area contributed by atoms with E-state index in [4.69, 9.17) is 9.26 Å². The van der Waals surface area contributed by atoms with E-state index in [1.807, 2.05) is 57.2 Å². The van der Waals surface area contributed by atoms with Gasteiger partial charge in [0.15, 0.2) is 0 Å². The molecule has 0 bridgehead atoms. The van der Waals surface area contributed by atoms with E-state index in [1.165, 1.54) is 0 Å². The van der Waals surface area contributed by atoms with Crippen LogP contribution in [-0.4, -0.2) is 12.7 Å². The Balaban J connectivity index is 2.33. The Labute approximate surface area is 144 Å². The van der Waals surface area contributed by atoms with Crippen molar-refractivity contribution in [1.29, 1.82) is 0 Å². The molecule has 2 aromatic carbocycles. The summed E-state index contributed by atoms with van der Waals surface area (Å²) in [5.41, 5.74) is 1.53. The standard InChI is InChI=1S/C19H24NO3P/c1-5-16-14-17(12-13-19(16)23-15(3)4)20-24(21,22-6-2)18-10-8-7-9-11-18/h5,7-15H,1,6H2,2-4H3,(H,20,21). The molecule has 4 nitrogen and oxygen atoms in total. The van der Waals surface area contributed by atoms with Crippen LogP contribution in [0.3, 0.4) is 0 Å². The van der Waals surface area contributed by atoms with Gasteiger partial charge in [0, 0.05) is 11.3 Å². The predicted octanol–water partition coefficient (Wildman–Crippen LogP) is 5.08. The minimum absolute atomic E-state index is 0.0707. The Morgan fingerprint density at radius 2 is 1.92 bits per heavy atom. The van der Waals surface area contributed by atoms with Gasteiger partial charge in [-0.15, -0.1) is 0 Å². The molecule has 128 valence electrons. The molecule has 0 radical (unpaired) electrons.